The first kappa shape index (κ1) is 24.5. The second kappa shape index (κ2) is 11.7. The first-order valence-corrected chi connectivity index (χ1v) is 13.2. The van der Waals surface area contributed by atoms with E-state index in [-0.39, 0.29) is 5.78 Å². The smallest absolute Gasteiger partial charge is 0.191 e. The summed E-state index contributed by atoms with van der Waals surface area (Å²) in [5.41, 5.74) is 4.14. The van der Waals surface area contributed by atoms with Crippen LogP contribution >= 0.6 is 11.8 Å². The van der Waals surface area contributed by atoms with E-state index < -0.39 is 0 Å². The highest BCUT2D eigenvalue weighted by molar-refractivity contribution is 7.99. The minimum absolute atomic E-state index is 0.125. The molecule has 1 saturated heterocycles. The Bertz CT molecular complexity index is 1110. The van der Waals surface area contributed by atoms with Crippen molar-refractivity contribution in [2.24, 2.45) is 0 Å². The van der Waals surface area contributed by atoms with Crippen molar-refractivity contribution in [3.8, 4) is 0 Å². The maximum Gasteiger partial charge on any atom is 0.191 e. The molecule has 3 heterocycles. The Morgan fingerprint density at radius 2 is 1.85 bits per heavy atom. The molecule has 0 N–H and O–H groups in total. The number of benzene rings is 1. The zero-order valence-corrected chi connectivity index (χ0v) is 21.2. The number of nitrogens with zero attached hydrogens (tertiary/aromatic N) is 5. The van der Waals surface area contributed by atoms with Crippen molar-refractivity contribution >= 4 is 17.5 Å². The third-order valence-corrected chi connectivity index (χ3v) is 7.56. The van der Waals surface area contributed by atoms with E-state index in [1.165, 1.54) is 49.7 Å². The van der Waals surface area contributed by atoms with Crippen molar-refractivity contribution < 1.29 is 4.79 Å². The first-order valence-electron chi connectivity index (χ1n) is 12.2. The van der Waals surface area contributed by atoms with Gasteiger partial charge in [0, 0.05) is 43.0 Å². The van der Waals surface area contributed by atoms with E-state index in [9.17, 15) is 4.79 Å². The van der Waals surface area contributed by atoms with Crippen LogP contribution in [-0.4, -0.2) is 55.4 Å². The second-order valence-electron chi connectivity index (χ2n) is 9.02. The van der Waals surface area contributed by atoms with Crippen LogP contribution in [0.25, 0.3) is 0 Å². The van der Waals surface area contributed by atoms with Gasteiger partial charge < -0.3 is 14.0 Å². The SMILES string of the molecule is C=CCn1c(CCN2CCCCC2)nnc1SCC(=O)c1cc(C)n(Cc2ccccc2)c1C. The van der Waals surface area contributed by atoms with Gasteiger partial charge in [-0.2, -0.15) is 0 Å². The highest BCUT2D eigenvalue weighted by Gasteiger charge is 2.19. The Kier molecular flexibility index (Phi) is 8.40. The van der Waals surface area contributed by atoms with Gasteiger partial charge in [0.25, 0.3) is 0 Å². The maximum absolute atomic E-state index is 13.1. The summed E-state index contributed by atoms with van der Waals surface area (Å²) >= 11 is 1.47. The van der Waals surface area contributed by atoms with Crippen LogP contribution in [0.1, 0.15) is 52.4 Å². The molecule has 0 aliphatic carbocycles. The molecule has 0 spiro atoms. The molecule has 0 atom stereocenters. The van der Waals surface area contributed by atoms with Crippen molar-refractivity contribution in [3.63, 3.8) is 0 Å². The molecule has 1 aromatic carbocycles. The average molecular weight is 478 g/mol. The number of thioether (sulfide) groups is 1. The number of ketones is 1. The zero-order valence-electron chi connectivity index (χ0n) is 20.4. The molecule has 1 aliphatic rings. The van der Waals surface area contributed by atoms with E-state index in [1.807, 2.05) is 37.3 Å². The predicted octanol–water partition coefficient (Wildman–Crippen LogP) is 4.93. The van der Waals surface area contributed by atoms with Gasteiger partial charge in [0.2, 0.25) is 0 Å². The van der Waals surface area contributed by atoms with E-state index in [1.54, 1.807) is 0 Å². The molecule has 2 aromatic heterocycles. The summed E-state index contributed by atoms with van der Waals surface area (Å²) in [5.74, 6) is 1.44. The van der Waals surface area contributed by atoms with Gasteiger partial charge in [0.05, 0.1) is 5.75 Å². The van der Waals surface area contributed by atoms with Crippen LogP contribution in [0.3, 0.4) is 0 Å². The minimum Gasteiger partial charge on any atom is -0.344 e. The number of hydrogen-bond acceptors (Lipinski definition) is 5. The summed E-state index contributed by atoms with van der Waals surface area (Å²) in [6, 6.07) is 12.4. The number of carbonyl (C=O) groups is 1. The molecular weight excluding hydrogens is 442 g/mol. The van der Waals surface area contributed by atoms with Crippen LogP contribution < -0.4 is 0 Å². The molecule has 4 rings (SSSR count). The van der Waals surface area contributed by atoms with Gasteiger partial charge in [-0.3, -0.25) is 4.79 Å². The molecule has 7 heteroatoms. The van der Waals surface area contributed by atoms with Crippen LogP contribution in [0.2, 0.25) is 0 Å². The van der Waals surface area contributed by atoms with Crippen LogP contribution in [-0.2, 0) is 19.5 Å². The third-order valence-electron chi connectivity index (χ3n) is 6.60. The number of rotatable bonds is 11. The summed E-state index contributed by atoms with van der Waals surface area (Å²) in [5, 5.41) is 9.66. The molecule has 0 saturated carbocycles. The highest BCUT2D eigenvalue weighted by atomic mass is 32.2. The monoisotopic (exact) mass is 477 g/mol. The number of aromatic nitrogens is 4. The van der Waals surface area contributed by atoms with Crippen molar-refractivity contribution in [2.45, 2.75) is 57.8 Å². The lowest BCUT2D eigenvalue weighted by atomic mass is 10.1. The van der Waals surface area contributed by atoms with E-state index >= 15 is 0 Å². The Morgan fingerprint density at radius 1 is 1.09 bits per heavy atom. The van der Waals surface area contributed by atoms with Gasteiger partial charge in [-0.1, -0.05) is 54.6 Å². The zero-order chi connectivity index (χ0) is 23.9. The van der Waals surface area contributed by atoms with E-state index in [0.29, 0.717) is 12.3 Å². The van der Waals surface area contributed by atoms with Crippen molar-refractivity contribution in [1.82, 2.24) is 24.2 Å². The number of aryl methyl sites for hydroxylation is 1. The summed E-state index contributed by atoms with van der Waals surface area (Å²) in [6.45, 7) is 12.8. The Balaban J connectivity index is 1.41. The highest BCUT2D eigenvalue weighted by Crippen LogP contribution is 2.23. The number of carbonyl (C=O) groups excluding carboxylic acids is 1. The van der Waals surface area contributed by atoms with Crippen molar-refractivity contribution in [1.29, 1.82) is 0 Å². The number of Topliss-reactive ketones (excluding diaryl/α,β-unsaturated/α-hetero) is 1. The molecule has 6 nitrogen and oxygen atoms in total. The van der Waals surface area contributed by atoms with Crippen molar-refractivity contribution in [3.05, 3.63) is 77.4 Å². The molecule has 34 heavy (non-hydrogen) atoms. The average Bonchev–Trinajstić information content (AvgIpc) is 3.38. The molecule has 0 amide bonds. The van der Waals surface area contributed by atoms with Gasteiger partial charge >= 0.3 is 0 Å². The molecule has 0 unspecified atom stereocenters. The summed E-state index contributed by atoms with van der Waals surface area (Å²) in [7, 11) is 0. The minimum atomic E-state index is 0.125. The van der Waals surface area contributed by atoms with Gasteiger partial charge in [-0.05, 0) is 51.4 Å². The van der Waals surface area contributed by atoms with Crippen LogP contribution in [0.4, 0.5) is 0 Å². The van der Waals surface area contributed by atoms with Crippen molar-refractivity contribution in [2.75, 3.05) is 25.4 Å². The molecule has 0 bridgehead atoms. The molecule has 1 aliphatic heterocycles. The van der Waals surface area contributed by atoms with Gasteiger partial charge in [-0.15, -0.1) is 16.8 Å². The van der Waals surface area contributed by atoms with Crippen LogP contribution in [0.5, 0.6) is 0 Å². The van der Waals surface area contributed by atoms with E-state index in [4.69, 9.17) is 0 Å². The van der Waals surface area contributed by atoms with Gasteiger partial charge in [0.15, 0.2) is 10.9 Å². The Labute approximate surface area is 207 Å². The lowest BCUT2D eigenvalue weighted by Crippen LogP contribution is -2.32. The quantitative estimate of drug-likeness (QED) is 0.223. The third kappa shape index (κ3) is 5.88. The Morgan fingerprint density at radius 3 is 2.59 bits per heavy atom. The molecule has 1 fully saturated rings. The summed E-state index contributed by atoms with van der Waals surface area (Å²) in [6.07, 6.45) is 6.66. The number of likely N-dealkylation sites (tertiary alicyclic amines) is 1. The fourth-order valence-corrected chi connectivity index (χ4v) is 5.51. The maximum atomic E-state index is 13.1. The normalized spacial score (nSPS) is 14.4. The molecular formula is C27H35N5OS. The first-order chi connectivity index (χ1) is 16.6. The largest absolute Gasteiger partial charge is 0.344 e. The fourth-order valence-electron chi connectivity index (χ4n) is 4.66. The van der Waals surface area contributed by atoms with Crippen LogP contribution in [0.15, 0.2) is 54.2 Å². The fraction of sp³-hybridized carbons (Fsp3) is 0.444. The molecule has 3 aromatic rings. The Hall–Kier alpha value is -2.64. The number of allylic oxidation sites excluding steroid dienone is 1. The lowest BCUT2D eigenvalue weighted by Gasteiger charge is -2.26. The van der Waals surface area contributed by atoms with Gasteiger partial charge in [0.1, 0.15) is 5.82 Å². The molecule has 180 valence electrons. The standard InChI is InChI=1S/C27H35N5OS/c1-4-14-31-26(13-17-30-15-9-6-10-16-30)28-29-27(31)34-20-25(33)24-18-21(2)32(22(24)3)19-23-11-7-5-8-12-23/h4-5,7-8,11-12,18H,1,6,9-10,13-17,19-20H2,2-3H3. The van der Waals surface area contributed by atoms with Gasteiger partial charge in [-0.25, -0.2) is 0 Å². The molecule has 0 radical (unpaired) electrons. The number of hydrogen-bond donors (Lipinski definition) is 0. The number of piperidine rings is 1. The lowest BCUT2D eigenvalue weighted by molar-refractivity contribution is 0.102. The van der Waals surface area contributed by atoms with E-state index in [0.717, 1.165) is 47.4 Å². The van der Waals surface area contributed by atoms with E-state index in [2.05, 4.69) is 49.9 Å². The second-order valence-corrected chi connectivity index (χ2v) is 9.96. The predicted molar refractivity (Wildman–Crippen MR) is 139 cm³/mol. The summed E-state index contributed by atoms with van der Waals surface area (Å²) < 4.78 is 4.32. The van der Waals surface area contributed by atoms with Crippen LogP contribution in [0, 0.1) is 13.8 Å². The topological polar surface area (TPSA) is 56.0 Å². The summed E-state index contributed by atoms with van der Waals surface area (Å²) in [4.78, 5) is 15.7.